The molecule has 4 nitrogen and oxygen atoms in total. The predicted octanol–water partition coefficient (Wildman–Crippen LogP) is 5.14. The highest BCUT2D eigenvalue weighted by Gasteiger charge is 2.24. The number of nitrogen functional groups attached to an aromatic ring is 1. The third-order valence-electron chi connectivity index (χ3n) is 5.69. The molecule has 0 unspecified atom stereocenters. The highest BCUT2D eigenvalue weighted by Crippen LogP contribution is 2.28. The van der Waals surface area contributed by atoms with E-state index < -0.39 is 0 Å². The van der Waals surface area contributed by atoms with Crippen LogP contribution < -0.4 is 10.5 Å². The Labute approximate surface area is 176 Å². The van der Waals surface area contributed by atoms with Gasteiger partial charge in [-0.1, -0.05) is 66.7 Å². The molecule has 3 aromatic carbocycles. The third kappa shape index (κ3) is 4.00. The van der Waals surface area contributed by atoms with Crippen LogP contribution in [0.4, 0.5) is 5.82 Å². The van der Waals surface area contributed by atoms with Gasteiger partial charge in [0, 0.05) is 25.0 Å². The summed E-state index contributed by atoms with van der Waals surface area (Å²) in [4.78, 5) is 6.93. The van der Waals surface area contributed by atoms with E-state index in [2.05, 4.69) is 58.4 Å². The molecule has 4 aromatic rings. The van der Waals surface area contributed by atoms with Crippen LogP contribution in [-0.4, -0.2) is 29.1 Å². The number of anilines is 1. The number of hydrogen-bond acceptors (Lipinski definition) is 4. The number of fused-ring (bicyclic) bond motifs is 1. The van der Waals surface area contributed by atoms with Gasteiger partial charge in [-0.25, -0.2) is 4.98 Å². The number of pyridine rings is 1. The van der Waals surface area contributed by atoms with Gasteiger partial charge in [0.05, 0.1) is 0 Å². The van der Waals surface area contributed by atoms with Crippen LogP contribution in [0.3, 0.4) is 0 Å². The van der Waals surface area contributed by atoms with Crippen molar-refractivity contribution in [1.82, 2.24) is 9.88 Å². The summed E-state index contributed by atoms with van der Waals surface area (Å²) in [6.45, 7) is 2.89. The Morgan fingerprint density at radius 1 is 0.867 bits per heavy atom. The van der Waals surface area contributed by atoms with Gasteiger partial charge >= 0.3 is 0 Å². The number of benzene rings is 3. The molecule has 1 fully saturated rings. The van der Waals surface area contributed by atoms with Gasteiger partial charge < -0.3 is 10.5 Å². The monoisotopic (exact) mass is 395 g/mol. The number of likely N-dealkylation sites (tertiary alicyclic amines) is 1. The molecule has 2 N–H and O–H groups in total. The Morgan fingerprint density at radius 3 is 2.50 bits per heavy atom. The van der Waals surface area contributed by atoms with E-state index >= 15 is 0 Å². The fraction of sp³-hybridized carbons (Fsp3) is 0.192. The van der Waals surface area contributed by atoms with Gasteiger partial charge in [0.2, 0.25) is 0 Å². The maximum absolute atomic E-state index is 6.33. The minimum absolute atomic E-state index is 0.169. The van der Waals surface area contributed by atoms with Gasteiger partial charge in [-0.15, -0.1) is 0 Å². The molecule has 0 amide bonds. The van der Waals surface area contributed by atoms with Crippen LogP contribution in [0.25, 0.3) is 22.0 Å². The molecule has 0 saturated carbocycles. The van der Waals surface area contributed by atoms with E-state index in [9.17, 15) is 0 Å². The lowest BCUT2D eigenvalue weighted by molar-refractivity contribution is 0.200. The number of nitrogens with zero attached hydrogens (tertiary/aromatic N) is 2. The second kappa shape index (κ2) is 8.17. The fourth-order valence-corrected chi connectivity index (χ4v) is 4.14. The summed E-state index contributed by atoms with van der Waals surface area (Å²) < 4.78 is 6.33. The molecule has 1 saturated heterocycles. The zero-order valence-corrected chi connectivity index (χ0v) is 16.9. The van der Waals surface area contributed by atoms with Gasteiger partial charge in [-0.3, -0.25) is 4.90 Å². The molecule has 1 aliphatic rings. The zero-order chi connectivity index (χ0) is 20.3. The van der Waals surface area contributed by atoms with E-state index in [4.69, 9.17) is 10.5 Å². The molecule has 150 valence electrons. The SMILES string of the molecule is Nc1ccc2cccc(O[C@H]3CCN(Cc4ccc(-c5ccccc5)cc4)C3)c2n1. The lowest BCUT2D eigenvalue weighted by atomic mass is 10.0. The van der Waals surface area contributed by atoms with Crippen molar-refractivity contribution in [2.24, 2.45) is 0 Å². The predicted molar refractivity (Wildman–Crippen MR) is 122 cm³/mol. The van der Waals surface area contributed by atoms with Crippen LogP contribution in [0, 0.1) is 0 Å². The van der Waals surface area contributed by atoms with Crippen molar-refractivity contribution in [2.75, 3.05) is 18.8 Å². The molecule has 2 heterocycles. The molecule has 30 heavy (non-hydrogen) atoms. The van der Waals surface area contributed by atoms with Crippen LogP contribution in [0.15, 0.2) is 84.9 Å². The quantitative estimate of drug-likeness (QED) is 0.508. The summed E-state index contributed by atoms with van der Waals surface area (Å²) in [5.41, 5.74) is 10.6. The second-order valence-corrected chi connectivity index (χ2v) is 7.89. The van der Waals surface area contributed by atoms with Gasteiger partial charge in [0.25, 0.3) is 0 Å². The van der Waals surface area contributed by atoms with Crippen molar-refractivity contribution in [3.63, 3.8) is 0 Å². The van der Waals surface area contributed by atoms with Crippen LogP contribution in [0.2, 0.25) is 0 Å². The largest absolute Gasteiger partial charge is 0.487 e. The van der Waals surface area contributed by atoms with E-state index in [-0.39, 0.29) is 6.10 Å². The number of ether oxygens (including phenoxy) is 1. The number of rotatable bonds is 5. The summed E-state index contributed by atoms with van der Waals surface area (Å²) in [6.07, 6.45) is 1.18. The van der Waals surface area contributed by atoms with E-state index in [1.807, 2.05) is 36.4 Å². The molecule has 4 heteroatoms. The van der Waals surface area contributed by atoms with E-state index in [0.717, 1.165) is 42.7 Å². The topological polar surface area (TPSA) is 51.4 Å². The third-order valence-corrected chi connectivity index (χ3v) is 5.69. The smallest absolute Gasteiger partial charge is 0.146 e. The van der Waals surface area contributed by atoms with Crippen molar-refractivity contribution in [3.8, 4) is 16.9 Å². The minimum atomic E-state index is 0.169. The molecule has 1 atom stereocenters. The second-order valence-electron chi connectivity index (χ2n) is 7.89. The Kier molecular flexibility index (Phi) is 5.08. The van der Waals surface area contributed by atoms with Crippen molar-refractivity contribution in [1.29, 1.82) is 0 Å². The van der Waals surface area contributed by atoms with Gasteiger partial charge in [0.15, 0.2) is 0 Å². The lowest BCUT2D eigenvalue weighted by Crippen LogP contribution is -2.24. The fourth-order valence-electron chi connectivity index (χ4n) is 4.14. The number of aromatic nitrogens is 1. The van der Waals surface area contributed by atoms with Gasteiger partial charge in [-0.2, -0.15) is 0 Å². The number of para-hydroxylation sites is 1. The van der Waals surface area contributed by atoms with Gasteiger partial charge in [-0.05, 0) is 41.3 Å². The summed E-state index contributed by atoms with van der Waals surface area (Å²) in [5.74, 6) is 1.34. The molecule has 1 aromatic heterocycles. The molecule has 5 rings (SSSR count). The molecule has 0 bridgehead atoms. The van der Waals surface area contributed by atoms with Crippen LogP contribution in [0.5, 0.6) is 5.75 Å². The number of nitrogens with two attached hydrogens (primary N) is 1. The van der Waals surface area contributed by atoms with Gasteiger partial charge in [0.1, 0.15) is 23.2 Å². The Balaban J connectivity index is 1.23. The maximum Gasteiger partial charge on any atom is 0.146 e. The Hall–Kier alpha value is -3.37. The minimum Gasteiger partial charge on any atom is -0.487 e. The van der Waals surface area contributed by atoms with E-state index in [1.54, 1.807) is 0 Å². The standard InChI is InChI=1S/C26H25N3O/c27-25-14-13-22-7-4-8-24(26(22)28-25)30-23-15-16-29(18-23)17-19-9-11-21(12-10-19)20-5-2-1-3-6-20/h1-14,23H,15-18H2,(H2,27,28)/t23-/m0/s1. The van der Waals surface area contributed by atoms with Crippen molar-refractivity contribution in [3.05, 3.63) is 90.5 Å². The van der Waals surface area contributed by atoms with E-state index in [0.29, 0.717) is 5.82 Å². The zero-order valence-electron chi connectivity index (χ0n) is 16.9. The average Bonchev–Trinajstić information content (AvgIpc) is 3.22. The molecule has 1 aliphatic heterocycles. The molecule has 0 aliphatic carbocycles. The first-order chi connectivity index (χ1) is 14.7. The average molecular weight is 396 g/mol. The summed E-state index contributed by atoms with van der Waals surface area (Å²) in [7, 11) is 0. The first-order valence-corrected chi connectivity index (χ1v) is 10.4. The van der Waals surface area contributed by atoms with Crippen molar-refractivity contribution in [2.45, 2.75) is 19.1 Å². The van der Waals surface area contributed by atoms with Crippen LogP contribution >= 0.6 is 0 Å². The lowest BCUT2D eigenvalue weighted by Gasteiger charge is -2.18. The summed E-state index contributed by atoms with van der Waals surface area (Å²) in [6, 6.07) is 29.2. The Bertz CT molecular complexity index is 1140. The van der Waals surface area contributed by atoms with Crippen LogP contribution in [0.1, 0.15) is 12.0 Å². The first-order valence-electron chi connectivity index (χ1n) is 10.4. The van der Waals surface area contributed by atoms with Crippen molar-refractivity contribution >= 4 is 16.7 Å². The normalized spacial score (nSPS) is 16.7. The summed E-state index contributed by atoms with van der Waals surface area (Å²) in [5, 5.41) is 1.05. The number of hydrogen-bond donors (Lipinski definition) is 1. The van der Waals surface area contributed by atoms with Crippen LogP contribution in [-0.2, 0) is 6.54 Å². The van der Waals surface area contributed by atoms with Crippen molar-refractivity contribution < 1.29 is 4.74 Å². The first kappa shape index (κ1) is 18.6. The maximum atomic E-state index is 6.33. The molecule has 0 spiro atoms. The molecule has 0 radical (unpaired) electrons. The Morgan fingerprint density at radius 2 is 1.67 bits per heavy atom. The summed E-state index contributed by atoms with van der Waals surface area (Å²) >= 11 is 0. The molecular formula is C26H25N3O. The highest BCUT2D eigenvalue weighted by molar-refractivity contribution is 5.85. The highest BCUT2D eigenvalue weighted by atomic mass is 16.5. The van der Waals surface area contributed by atoms with E-state index in [1.165, 1.54) is 16.7 Å². The molecular weight excluding hydrogens is 370 g/mol.